The zero-order valence-corrected chi connectivity index (χ0v) is 20.4. The minimum Gasteiger partial charge on any atom is -0.497 e. The van der Waals surface area contributed by atoms with E-state index < -0.39 is 10.0 Å². The van der Waals surface area contributed by atoms with Gasteiger partial charge in [0.1, 0.15) is 16.4 Å². The van der Waals surface area contributed by atoms with Crippen LogP contribution in [0.3, 0.4) is 0 Å². The molecule has 0 aliphatic carbocycles. The molecule has 4 rings (SSSR count). The Hall–Kier alpha value is -2.67. The van der Waals surface area contributed by atoms with Crippen LogP contribution in [0.5, 0.6) is 11.5 Å². The van der Waals surface area contributed by atoms with Gasteiger partial charge in [-0.05, 0) is 24.3 Å². The van der Waals surface area contributed by atoms with E-state index in [1.54, 1.807) is 12.1 Å². The second-order valence-corrected chi connectivity index (χ2v) is 10.1. The Kier molecular flexibility index (Phi) is 7.71. The van der Waals surface area contributed by atoms with Crippen molar-refractivity contribution in [3.8, 4) is 11.5 Å². The molecule has 3 heterocycles. The molecule has 0 amide bonds. The molecule has 34 heavy (non-hydrogen) atoms. The highest BCUT2D eigenvalue weighted by molar-refractivity contribution is 7.89. The normalized spacial score (nSPS) is 18.2. The van der Waals surface area contributed by atoms with Gasteiger partial charge in [0.15, 0.2) is 11.6 Å². The summed E-state index contributed by atoms with van der Waals surface area (Å²) in [6.07, 6.45) is 0. The summed E-state index contributed by atoms with van der Waals surface area (Å²) in [5, 5.41) is 17.9. The summed E-state index contributed by atoms with van der Waals surface area (Å²) in [5.74, 6) is 2.37. The van der Waals surface area contributed by atoms with Crippen LogP contribution in [0, 0.1) is 0 Å². The second kappa shape index (κ2) is 10.7. The molecule has 1 N–H and O–H groups in total. The van der Waals surface area contributed by atoms with Gasteiger partial charge in [0.25, 0.3) is 0 Å². The number of hydrogen-bond donors (Lipinski definition) is 1. The molecule has 0 radical (unpaired) electrons. The third-order valence-electron chi connectivity index (χ3n) is 6.30. The van der Waals surface area contributed by atoms with E-state index in [9.17, 15) is 8.42 Å². The average molecular weight is 493 g/mol. The molecule has 2 fully saturated rings. The first kappa shape index (κ1) is 24.5. The molecule has 0 saturated carbocycles. The van der Waals surface area contributed by atoms with E-state index in [1.807, 2.05) is 17.0 Å². The van der Waals surface area contributed by atoms with Gasteiger partial charge in [-0.25, -0.2) is 8.42 Å². The fraction of sp³-hybridized carbons (Fsp3) is 0.545. The van der Waals surface area contributed by atoms with Gasteiger partial charge in [-0.1, -0.05) is 0 Å². The summed E-state index contributed by atoms with van der Waals surface area (Å²) in [6.45, 7) is 6.07. The minimum atomic E-state index is -3.70. The van der Waals surface area contributed by atoms with Gasteiger partial charge in [0.2, 0.25) is 10.0 Å². The lowest BCUT2D eigenvalue weighted by Gasteiger charge is -2.36. The van der Waals surface area contributed by atoms with Crippen molar-refractivity contribution in [2.45, 2.75) is 4.90 Å². The Balaban J connectivity index is 1.37. The summed E-state index contributed by atoms with van der Waals surface area (Å²) in [6, 6.07) is 8.63. The predicted octanol–water partition coefficient (Wildman–Crippen LogP) is 0.119. The Labute approximate surface area is 200 Å². The van der Waals surface area contributed by atoms with Crippen LogP contribution in [-0.2, 0) is 10.0 Å². The summed E-state index contributed by atoms with van der Waals surface area (Å²) in [5.41, 5.74) is 0. The maximum Gasteiger partial charge on any atom is 0.246 e. The van der Waals surface area contributed by atoms with Crippen molar-refractivity contribution in [3.63, 3.8) is 0 Å². The van der Waals surface area contributed by atoms with Crippen LogP contribution < -0.4 is 19.3 Å². The van der Waals surface area contributed by atoms with Crippen molar-refractivity contribution in [1.29, 1.82) is 0 Å². The molecule has 12 heteroatoms. The van der Waals surface area contributed by atoms with E-state index in [-0.39, 0.29) is 17.3 Å². The Morgan fingerprint density at radius 2 is 1.44 bits per heavy atom. The van der Waals surface area contributed by atoms with Crippen molar-refractivity contribution in [2.24, 2.45) is 0 Å². The number of benzene rings is 1. The Bertz CT molecular complexity index is 1050. The van der Waals surface area contributed by atoms with Gasteiger partial charge >= 0.3 is 0 Å². The molecule has 0 bridgehead atoms. The number of piperazine rings is 2. The van der Waals surface area contributed by atoms with Crippen LogP contribution in [0.4, 0.5) is 11.6 Å². The van der Waals surface area contributed by atoms with Crippen molar-refractivity contribution >= 4 is 21.7 Å². The first-order valence-corrected chi connectivity index (χ1v) is 12.8. The number of anilines is 2. The van der Waals surface area contributed by atoms with E-state index in [0.29, 0.717) is 38.5 Å². The van der Waals surface area contributed by atoms with Crippen LogP contribution in [0.2, 0.25) is 0 Å². The van der Waals surface area contributed by atoms with Gasteiger partial charge in [0.05, 0.1) is 20.8 Å². The number of hydrogen-bond acceptors (Lipinski definition) is 10. The Morgan fingerprint density at radius 1 is 0.853 bits per heavy atom. The zero-order valence-electron chi connectivity index (χ0n) is 19.6. The highest BCUT2D eigenvalue weighted by atomic mass is 32.2. The maximum absolute atomic E-state index is 13.2. The first-order valence-electron chi connectivity index (χ1n) is 11.4. The van der Waals surface area contributed by atoms with Gasteiger partial charge in [-0.3, -0.25) is 4.90 Å². The molecule has 2 aliphatic rings. The lowest BCUT2D eigenvalue weighted by molar-refractivity contribution is 0.188. The van der Waals surface area contributed by atoms with Gasteiger partial charge in [-0.2, -0.15) is 4.31 Å². The van der Waals surface area contributed by atoms with Crippen LogP contribution >= 0.6 is 0 Å². The summed E-state index contributed by atoms with van der Waals surface area (Å²) < 4.78 is 38.4. The van der Waals surface area contributed by atoms with E-state index >= 15 is 0 Å². The third kappa shape index (κ3) is 5.19. The molecule has 0 atom stereocenters. The molecule has 1 aromatic heterocycles. The predicted molar refractivity (Wildman–Crippen MR) is 128 cm³/mol. The van der Waals surface area contributed by atoms with Crippen molar-refractivity contribution in [1.82, 2.24) is 19.4 Å². The highest BCUT2D eigenvalue weighted by Crippen LogP contribution is 2.31. The summed E-state index contributed by atoms with van der Waals surface area (Å²) in [7, 11) is -0.729. The number of methoxy groups -OCH3 is 2. The molecule has 2 aromatic rings. The lowest BCUT2D eigenvalue weighted by Crippen LogP contribution is -2.49. The number of sulfonamides is 1. The molecular formula is C22H32N6O5S. The van der Waals surface area contributed by atoms with Crippen LogP contribution in [-0.4, -0.2) is 113 Å². The highest BCUT2D eigenvalue weighted by Gasteiger charge is 2.31. The number of nitrogens with zero attached hydrogens (tertiary/aromatic N) is 6. The molecule has 0 unspecified atom stereocenters. The lowest BCUT2D eigenvalue weighted by atomic mass is 10.3. The SMILES string of the molecule is COc1ccc(S(=O)(=O)N2CCN(c3ccc(N4CCN(CCO)CC4)nn3)CC2)c(OC)c1. The quantitative estimate of drug-likeness (QED) is 0.545. The number of aromatic nitrogens is 2. The first-order chi connectivity index (χ1) is 16.5. The molecule has 2 aliphatic heterocycles. The van der Waals surface area contributed by atoms with Crippen LogP contribution in [0.1, 0.15) is 0 Å². The zero-order chi connectivity index (χ0) is 24.1. The number of rotatable bonds is 8. The summed E-state index contributed by atoms with van der Waals surface area (Å²) in [4.78, 5) is 6.60. The standard InChI is InChI=1S/C22H32N6O5S/c1-32-18-3-4-20(19(17-18)33-2)34(30,31)28-13-11-27(12-14-28)22-6-5-21(23-24-22)26-9-7-25(8-10-26)15-16-29/h3-6,17,29H,7-16H2,1-2H3. The van der Waals surface area contributed by atoms with Crippen molar-refractivity contribution in [2.75, 3.05) is 89.5 Å². The third-order valence-corrected chi connectivity index (χ3v) is 8.24. The molecule has 186 valence electrons. The van der Waals surface area contributed by atoms with Gasteiger partial charge in [-0.15, -0.1) is 10.2 Å². The number of β-amino-alcohol motifs (C(OH)–C–C–N with tert-alkyl or cyclic N) is 1. The van der Waals surface area contributed by atoms with Gasteiger partial charge in [0, 0.05) is 65.0 Å². The molecule has 2 saturated heterocycles. The van der Waals surface area contributed by atoms with E-state index in [0.717, 1.165) is 37.8 Å². The number of aliphatic hydroxyl groups is 1. The fourth-order valence-electron chi connectivity index (χ4n) is 4.28. The number of ether oxygens (including phenoxy) is 2. The average Bonchev–Trinajstić information content (AvgIpc) is 2.89. The second-order valence-electron chi connectivity index (χ2n) is 8.21. The largest absolute Gasteiger partial charge is 0.497 e. The van der Waals surface area contributed by atoms with Gasteiger partial charge < -0.3 is 24.4 Å². The molecule has 1 aromatic carbocycles. The minimum absolute atomic E-state index is 0.132. The van der Waals surface area contributed by atoms with E-state index in [1.165, 1.54) is 24.6 Å². The smallest absolute Gasteiger partial charge is 0.246 e. The number of aliphatic hydroxyl groups excluding tert-OH is 1. The van der Waals surface area contributed by atoms with E-state index in [2.05, 4.69) is 20.0 Å². The topological polar surface area (TPSA) is 112 Å². The van der Waals surface area contributed by atoms with Crippen molar-refractivity contribution < 1.29 is 23.0 Å². The molecule has 0 spiro atoms. The molecule has 11 nitrogen and oxygen atoms in total. The monoisotopic (exact) mass is 492 g/mol. The van der Waals surface area contributed by atoms with Crippen LogP contribution in [0.15, 0.2) is 35.2 Å². The fourth-order valence-corrected chi connectivity index (χ4v) is 5.84. The summed E-state index contributed by atoms with van der Waals surface area (Å²) >= 11 is 0. The van der Waals surface area contributed by atoms with Crippen LogP contribution in [0.25, 0.3) is 0 Å². The molecular weight excluding hydrogens is 460 g/mol. The van der Waals surface area contributed by atoms with E-state index in [4.69, 9.17) is 14.6 Å². The maximum atomic E-state index is 13.2. The van der Waals surface area contributed by atoms with Crippen molar-refractivity contribution in [3.05, 3.63) is 30.3 Å². The Morgan fingerprint density at radius 3 is 1.94 bits per heavy atom.